The van der Waals surface area contributed by atoms with Crippen LogP contribution in [0.1, 0.15) is 16.7 Å². The molecule has 2 aromatic heterocycles. The number of aromatic nitrogens is 1. The van der Waals surface area contributed by atoms with Gasteiger partial charge >= 0.3 is 6.18 Å². The van der Waals surface area contributed by atoms with Crippen molar-refractivity contribution in [3.63, 3.8) is 0 Å². The van der Waals surface area contributed by atoms with Crippen molar-refractivity contribution in [2.45, 2.75) is 23.1 Å². The molecule has 32 heavy (non-hydrogen) atoms. The van der Waals surface area contributed by atoms with Crippen LogP contribution in [0.5, 0.6) is 0 Å². The number of nitrogens with zero attached hydrogens (tertiary/aromatic N) is 2. The van der Waals surface area contributed by atoms with E-state index in [0.717, 1.165) is 17.8 Å². The second kappa shape index (κ2) is 10.0. The molecule has 0 aliphatic carbocycles. The molecule has 3 aromatic rings. The van der Waals surface area contributed by atoms with Gasteiger partial charge in [-0.05, 0) is 23.1 Å². The summed E-state index contributed by atoms with van der Waals surface area (Å²) in [6, 6.07) is 14.1. The average molecular weight is 499 g/mol. The first-order chi connectivity index (χ1) is 15.1. The molecule has 1 N–H and O–H groups in total. The Labute approximate surface area is 191 Å². The number of thioether (sulfide) groups is 1. The van der Waals surface area contributed by atoms with E-state index >= 15 is 0 Å². The fraction of sp³-hybridized carbons (Fsp3) is 0.238. The second-order valence-corrected chi connectivity index (χ2v) is 10.9. The molecule has 0 radical (unpaired) electrons. The van der Waals surface area contributed by atoms with Gasteiger partial charge in [-0.25, -0.2) is 13.4 Å². The smallest absolute Gasteiger partial charge is 0.391 e. The molecule has 0 aliphatic heterocycles. The first-order valence-electron chi connectivity index (χ1n) is 9.20. The quantitative estimate of drug-likeness (QED) is 0.450. The van der Waals surface area contributed by atoms with Crippen LogP contribution >= 0.6 is 23.1 Å². The summed E-state index contributed by atoms with van der Waals surface area (Å²) in [4.78, 5) is 4.68. The minimum Gasteiger partial charge on any atom is -0.391 e. The summed E-state index contributed by atoms with van der Waals surface area (Å²) in [5.41, 5.74) is -1.14. The summed E-state index contributed by atoms with van der Waals surface area (Å²) >= 11 is 1.92. The van der Waals surface area contributed by atoms with Crippen molar-refractivity contribution in [2.75, 3.05) is 11.5 Å². The number of benzene rings is 1. The van der Waals surface area contributed by atoms with Gasteiger partial charge in [-0.1, -0.05) is 36.4 Å². The highest BCUT2D eigenvalue weighted by Gasteiger charge is 2.36. The van der Waals surface area contributed by atoms with Crippen LogP contribution < -0.4 is 0 Å². The first-order valence-corrected chi connectivity index (χ1v) is 12.9. The Morgan fingerprint density at radius 1 is 1.19 bits per heavy atom. The van der Waals surface area contributed by atoms with Gasteiger partial charge in [0.1, 0.15) is 11.1 Å². The topological polar surface area (TPSA) is 91.0 Å². The highest BCUT2D eigenvalue weighted by atomic mass is 32.2. The minimum absolute atomic E-state index is 0.0556. The van der Waals surface area contributed by atoms with Crippen molar-refractivity contribution in [1.29, 1.82) is 5.26 Å². The second-order valence-electron chi connectivity index (χ2n) is 6.83. The maximum atomic E-state index is 13.6. The molecule has 3 rings (SSSR count). The Hall–Kier alpha value is -2.39. The van der Waals surface area contributed by atoms with Gasteiger partial charge in [-0.15, -0.1) is 23.1 Å². The number of nitriles is 1. The van der Waals surface area contributed by atoms with Crippen LogP contribution in [-0.4, -0.2) is 36.1 Å². The number of aliphatic hydroxyl groups excluding tert-OH is 1. The van der Waals surface area contributed by atoms with Gasteiger partial charge in [0.25, 0.3) is 0 Å². The maximum absolute atomic E-state index is 13.6. The zero-order chi connectivity index (χ0) is 23.4. The molecule has 0 bridgehead atoms. The SMILES string of the molecule is N#Cc1c(C(F)(F)F)cc(-c2cccs2)nc1SCC(O)CS(=O)(=O)Cc1ccccc1. The molecule has 168 valence electrons. The average Bonchev–Trinajstić information content (AvgIpc) is 3.25. The molecular weight excluding hydrogens is 481 g/mol. The van der Waals surface area contributed by atoms with E-state index in [1.807, 2.05) is 0 Å². The van der Waals surface area contributed by atoms with Gasteiger partial charge in [0.2, 0.25) is 0 Å². The molecule has 5 nitrogen and oxygen atoms in total. The van der Waals surface area contributed by atoms with Crippen LogP contribution in [0.3, 0.4) is 0 Å². The zero-order valence-corrected chi connectivity index (χ0v) is 18.9. The van der Waals surface area contributed by atoms with Crippen LogP contribution in [0.15, 0.2) is 58.9 Å². The van der Waals surface area contributed by atoms with Gasteiger partial charge < -0.3 is 5.11 Å². The lowest BCUT2D eigenvalue weighted by molar-refractivity contribution is -0.138. The number of hydrogen-bond acceptors (Lipinski definition) is 7. The van der Waals surface area contributed by atoms with Gasteiger partial charge in [-0.3, -0.25) is 0 Å². The third-order valence-corrected chi connectivity index (χ3v) is 7.94. The van der Waals surface area contributed by atoms with E-state index in [1.165, 1.54) is 11.3 Å². The molecule has 0 spiro atoms. The molecule has 1 atom stereocenters. The Bertz CT molecular complexity index is 1210. The molecule has 0 amide bonds. The van der Waals surface area contributed by atoms with Crippen LogP contribution in [-0.2, 0) is 21.8 Å². The number of sulfone groups is 1. The van der Waals surface area contributed by atoms with E-state index in [4.69, 9.17) is 0 Å². The Balaban J connectivity index is 1.80. The summed E-state index contributed by atoms with van der Waals surface area (Å²) in [6.45, 7) is 0. The number of alkyl halides is 3. The number of aliphatic hydroxyl groups is 1. The van der Waals surface area contributed by atoms with Crippen molar-refractivity contribution < 1.29 is 26.7 Å². The van der Waals surface area contributed by atoms with E-state index in [9.17, 15) is 32.0 Å². The lowest BCUT2D eigenvalue weighted by Crippen LogP contribution is -2.24. The van der Waals surface area contributed by atoms with Gasteiger partial charge in [0.05, 0.1) is 39.3 Å². The largest absolute Gasteiger partial charge is 0.417 e. The number of hydrogen-bond donors (Lipinski definition) is 1. The highest BCUT2D eigenvalue weighted by Crippen LogP contribution is 2.38. The summed E-state index contributed by atoms with van der Waals surface area (Å²) in [5, 5.41) is 21.1. The molecular formula is C21H17F3N2O3S3. The summed E-state index contributed by atoms with van der Waals surface area (Å²) < 4.78 is 65.4. The van der Waals surface area contributed by atoms with Crippen molar-refractivity contribution >= 4 is 32.9 Å². The summed E-state index contributed by atoms with van der Waals surface area (Å²) in [6.07, 6.45) is -6.12. The van der Waals surface area contributed by atoms with E-state index in [2.05, 4.69) is 4.98 Å². The van der Waals surface area contributed by atoms with E-state index in [1.54, 1.807) is 53.9 Å². The normalized spacial score (nSPS) is 13.0. The van der Waals surface area contributed by atoms with Crippen LogP contribution in [0.2, 0.25) is 0 Å². The standard InChI is InChI=1S/C21H17F3N2O3S3/c22-21(23,24)17-9-18(19-7-4-8-30-19)26-20(16(17)10-25)31-11-15(27)13-32(28,29)12-14-5-2-1-3-6-14/h1-9,15,27H,11-13H2. The van der Waals surface area contributed by atoms with Crippen LogP contribution in [0.4, 0.5) is 13.2 Å². The third-order valence-electron chi connectivity index (χ3n) is 4.27. The van der Waals surface area contributed by atoms with Gasteiger partial charge in [0.15, 0.2) is 9.84 Å². The lowest BCUT2D eigenvalue weighted by atomic mass is 10.1. The van der Waals surface area contributed by atoms with Crippen molar-refractivity contribution in [1.82, 2.24) is 4.98 Å². The molecule has 11 heteroatoms. The molecule has 1 aromatic carbocycles. The van der Waals surface area contributed by atoms with E-state index in [0.29, 0.717) is 10.4 Å². The Kier molecular flexibility index (Phi) is 7.61. The lowest BCUT2D eigenvalue weighted by Gasteiger charge is -2.15. The van der Waals surface area contributed by atoms with E-state index in [-0.39, 0.29) is 22.2 Å². The number of rotatable bonds is 8. The fourth-order valence-electron chi connectivity index (χ4n) is 2.91. The molecule has 0 saturated heterocycles. The fourth-order valence-corrected chi connectivity index (χ4v) is 6.20. The highest BCUT2D eigenvalue weighted by molar-refractivity contribution is 7.99. The predicted octanol–water partition coefficient (Wildman–Crippen LogP) is 4.77. The summed E-state index contributed by atoms with van der Waals surface area (Å²) in [7, 11) is -3.66. The van der Waals surface area contributed by atoms with Crippen LogP contribution in [0, 0.1) is 11.3 Å². The first kappa shape index (κ1) is 24.3. The van der Waals surface area contributed by atoms with E-state index < -0.39 is 39.0 Å². The maximum Gasteiger partial charge on any atom is 0.417 e. The molecule has 2 heterocycles. The zero-order valence-electron chi connectivity index (χ0n) is 16.4. The molecule has 0 saturated carbocycles. The molecule has 0 aliphatic rings. The van der Waals surface area contributed by atoms with Crippen molar-refractivity contribution in [2.24, 2.45) is 0 Å². The molecule has 0 fully saturated rings. The van der Waals surface area contributed by atoms with Crippen molar-refractivity contribution in [3.8, 4) is 16.6 Å². The third kappa shape index (κ3) is 6.32. The number of halogens is 3. The monoisotopic (exact) mass is 498 g/mol. The summed E-state index contributed by atoms with van der Waals surface area (Å²) in [5.74, 6) is -1.06. The Morgan fingerprint density at radius 3 is 2.50 bits per heavy atom. The number of thiophene rings is 1. The van der Waals surface area contributed by atoms with Crippen molar-refractivity contribution in [3.05, 3.63) is 70.6 Å². The van der Waals surface area contributed by atoms with Gasteiger partial charge in [-0.2, -0.15) is 18.4 Å². The number of pyridine rings is 1. The Morgan fingerprint density at radius 2 is 1.91 bits per heavy atom. The van der Waals surface area contributed by atoms with Gasteiger partial charge in [0, 0.05) is 5.75 Å². The minimum atomic E-state index is -4.77. The predicted molar refractivity (Wildman–Crippen MR) is 118 cm³/mol. The van der Waals surface area contributed by atoms with Crippen LogP contribution in [0.25, 0.3) is 10.6 Å². The molecule has 1 unspecified atom stereocenters.